The number of benzene rings is 2. The van der Waals surface area contributed by atoms with Crippen LogP contribution in [0.5, 0.6) is 11.6 Å². The lowest BCUT2D eigenvalue weighted by atomic mass is 9.94. The maximum atomic E-state index is 11.3. The smallest absolute Gasteiger partial charge is 0.332 e. The monoisotopic (exact) mass is 483 g/mol. The van der Waals surface area contributed by atoms with Crippen molar-refractivity contribution >= 4 is 11.5 Å². The van der Waals surface area contributed by atoms with E-state index in [1.807, 2.05) is 18.2 Å². The Morgan fingerprint density at radius 3 is 2.61 bits per heavy atom. The largest absolute Gasteiger partial charge is 0.493 e. The molecule has 1 heterocycles. The molecule has 1 aromatic heterocycles. The molecule has 6 nitrogen and oxygen atoms in total. The summed E-state index contributed by atoms with van der Waals surface area (Å²) in [5, 5.41) is 19.3. The number of allylic oxidation sites excluding steroid dienone is 1. The van der Waals surface area contributed by atoms with Gasteiger partial charge in [-0.05, 0) is 90.3 Å². The fraction of sp³-hybridized carbons (Fsp3) is 0.333. The van der Waals surface area contributed by atoms with Crippen LogP contribution in [0, 0.1) is 19.8 Å². The summed E-state index contributed by atoms with van der Waals surface area (Å²) < 4.78 is 11.9. The first-order chi connectivity index (χ1) is 17.3. The zero-order valence-corrected chi connectivity index (χ0v) is 20.5. The molecule has 0 bridgehead atoms. The zero-order chi connectivity index (χ0) is 25.0. The quantitative estimate of drug-likeness (QED) is 0.432. The van der Waals surface area contributed by atoms with Crippen LogP contribution in [0.3, 0.4) is 0 Å². The zero-order valence-electron chi connectivity index (χ0n) is 20.5. The van der Waals surface area contributed by atoms with Gasteiger partial charge in [-0.3, -0.25) is 0 Å². The molecule has 6 rings (SSSR count). The van der Waals surface area contributed by atoms with Crippen molar-refractivity contribution in [1.82, 2.24) is 4.98 Å². The number of pyridine rings is 1. The molecule has 3 aromatic rings. The maximum absolute atomic E-state index is 11.3. The highest BCUT2D eigenvalue weighted by Crippen LogP contribution is 2.55. The highest BCUT2D eigenvalue weighted by molar-refractivity contribution is 6.11. The van der Waals surface area contributed by atoms with E-state index >= 15 is 0 Å². The lowest BCUT2D eigenvalue weighted by molar-refractivity contribution is -0.132. The number of aromatic nitrogens is 1. The minimum Gasteiger partial charge on any atom is -0.493 e. The predicted molar refractivity (Wildman–Crippen MR) is 136 cm³/mol. The molecule has 0 spiro atoms. The van der Waals surface area contributed by atoms with Gasteiger partial charge in [0.1, 0.15) is 12.4 Å². The molecule has 184 valence electrons. The Hall–Kier alpha value is -3.64. The molecule has 6 heteroatoms. The number of rotatable bonds is 9. The van der Waals surface area contributed by atoms with Crippen molar-refractivity contribution in [3.63, 3.8) is 0 Å². The molecule has 0 aliphatic heterocycles. The molecule has 3 aliphatic carbocycles. The Bertz CT molecular complexity index is 1400. The van der Waals surface area contributed by atoms with Gasteiger partial charge in [0.2, 0.25) is 5.88 Å². The second kappa shape index (κ2) is 8.49. The van der Waals surface area contributed by atoms with E-state index in [1.54, 1.807) is 6.20 Å². The van der Waals surface area contributed by atoms with Gasteiger partial charge >= 0.3 is 5.97 Å². The summed E-state index contributed by atoms with van der Waals surface area (Å²) >= 11 is 0. The van der Waals surface area contributed by atoms with Crippen LogP contribution in [0.4, 0.5) is 0 Å². The van der Waals surface area contributed by atoms with Crippen molar-refractivity contribution in [3.8, 4) is 22.8 Å². The standard InChI is InChI=1S/C30H29NO5/c1-17-10-22(35-9-8-30(34)6-7-30)11-18(2)26(17)20-5-3-4-19(12-20)16-36-25-14-21-13-23-27(24(21)15-31-25)28(23)29(32)33/h3-5,10-12,14-15,23,34H,6-9,13,16H2,1-2H3,(H,32,33). The van der Waals surface area contributed by atoms with Gasteiger partial charge in [-0.2, -0.15) is 0 Å². The van der Waals surface area contributed by atoms with Gasteiger partial charge < -0.3 is 19.7 Å². The molecule has 1 atom stereocenters. The first kappa shape index (κ1) is 22.8. The van der Waals surface area contributed by atoms with E-state index in [0.717, 1.165) is 64.0 Å². The van der Waals surface area contributed by atoms with Crippen molar-refractivity contribution in [2.24, 2.45) is 5.92 Å². The lowest BCUT2D eigenvalue weighted by Crippen LogP contribution is -2.12. The van der Waals surface area contributed by atoms with Gasteiger partial charge in [-0.1, -0.05) is 18.2 Å². The summed E-state index contributed by atoms with van der Waals surface area (Å²) in [6, 6.07) is 14.4. The second-order valence-electron chi connectivity index (χ2n) is 10.3. The van der Waals surface area contributed by atoms with E-state index in [-0.39, 0.29) is 5.92 Å². The SMILES string of the molecule is Cc1cc(OCCC2(O)CC2)cc(C)c1-c1cccc(COc2cc3c(cn2)C2=C(C(=O)O)C2C3)c1. The summed E-state index contributed by atoms with van der Waals surface area (Å²) in [4.78, 5) is 15.7. The number of carboxylic acids is 1. The average molecular weight is 484 g/mol. The number of carbonyl (C=O) groups is 1. The predicted octanol–water partition coefficient (Wildman–Crippen LogP) is 5.26. The molecule has 1 unspecified atom stereocenters. The number of aliphatic carboxylic acids is 1. The molecule has 0 radical (unpaired) electrons. The number of hydrogen-bond donors (Lipinski definition) is 2. The Balaban J connectivity index is 1.13. The third-order valence-corrected chi connectivity index (χ3v) is 7.58. The second-order valence-corrected chi connectivity index (χ2v) is 10.3. The van der Waals surface area contributed by atoms with E-state index in [9.17, 15) is 15.0 Å². The van der Waals surface area contributed by atoms with E-state index < -0.39 is 11.6 Å². The van der Waals surface area contributed by atoms with Crippen LogP contribution in [-0.4, -0.2) is 33.4 Å². The molecule has 36 heavy (non-hydrogen) atoms. The number of ether oxygens (including phenoxy) is 2. The number of aryl methyl sites for hydroxylation is 2. The third kappa shape index (κ3) is 4.26. The number of aliphatic hydroxyl groups is 1. The Morgan fingerprint density at radius 1 is 1.11 bits per heavy atom. The van der Waals surface area contributed by atoms with Crippen LogP contribution >= 0.6 is 0 Å². The van der Waals surface area contributed by atoms with Gasteiger partial charge in [-0.15, -0.1) is 0 Å². The molecule has 0 amide bonds. The molecular formula is C30H29NO5. The number of hydrogen-bond acceptors (Lipinski definition) is 5. The molecule has 1 saturated carbocycles. The van der Waals surface area contributed by atoms with Crippen LogP contribution in [-0.2, 0) is 17.8 Å². The molecule has 0 saturated heterocycles. The van der Waals surface area contributed by atoms with Crippen molar-refractivity contribution in [3.05, 3.63) is 82.1 Å². The number of fused-ring (bicyclic) bond motifs is 3. The number of carboxylic acid groups (broad SMARTS) is 1. The summed E-state index contributed by atoms with van der Waals surface area (Å²) in [6.07, 6.45) is 4.90. The summed E-state index contributed by atoms with van der Waals surface area (Å²) in [7, 11) is 0. The maximum Gasteiger partial charge on any atom is 0.332 e. The molecule has 2 N–H and O–H groups in total. The van der Waals surface area contributed by atoms with Crippen molar-refractivity contribution < 1.29 is 24.5 Å². The highest BCUT2D eigenvalue weighted by atomic mass is 16.5. The topological polar surface area (TPSA) is 88.9 Å². The third-order valence-electron chi connectivity index (χ3n) is 7.58. The fourth-order valence-corrected chi connectivity index (χ4v) is 5.45. The van der Waals surface area contributed by atoms with Crippen molar-refractivity contribution in [2.45, 2.75) is 51.7 Å². The molecular weight excluding hydrogens is 454 g/mol. The van der Waals surface area contributed by atoms with Crippen LogP contribution in [0.25, 0.3) is 16.7 Å². The summed E-state index contributed by atoms with van der Waals surface area (Å²) in [5.41, 5.74) is 8.68. The van der Waals surface area contributed by atoms with Gasteiger partial charge in [0, 0.05) is 35.7 Å². The van der Waals surface area contributed by atoms with E-state index in [4.69, 9.17) is 9.47 Å². The minimum absolute atomic E-state index is 0.0546. The average Bonchev–Trinajstić information content (AvgIpc) is 3.72. The molecule has 2 aromatic carbocycles. The van der Waals surface area contributed by atoms with Crippen LogP contribution < -0.4 is 9.47 Å². The van der Waals surface area contributed by atoms with Gasteiger partial charge in [-0.25, -0.2) is 9.78 Å². The lowest BCUT2D eigenvalue weighted by Gasteiger charge is -2.16. The normalized spacial score (nSPS) is 18.5. The molecule has 1 fully saturated rings. The first-order valence-corrected chi connectivity index (χ1v) is 12.5. The van der Waals surface area contributed by atoms with Gasteiger partial charge in [0.15, 0.2) is 0 Å². The van der Waals surface area contributed by atoms with E-state index in [0.29, 0.717) is 31.1 Å². The van der Waals surface area contributed by atoms with E-state index in [2.05, 4.69) is 43.1 Å². The van der Waals surface area contributed by atoms with E-state index in [1.165, 1.54) is 5.56 Å². The van der Waals surface area contributed by atoms with Crippen LogP contribution in [0.1, 0.15) is 47.1 Å². The Labute approximate surface area is 210 Å². The summed E-state index contributed by atoms with van der Waals surface area (Å²) in [5.74, 6) is 0.632. The van der Waals surface area contributed by atoms with Gasteiger partial charge in [0.25, 0.3) is 0 Å². The van der Waals surface area contributed by atoms with Crippen LogP contribution in [0.2, 0.25) is 0 Å². The molecule has 3 aliphatic rings. The fourth-order valence-electron chi connectivity index (χ4n) is 5.45. The first-order valence-electron chi connectivity index (χ1n) is 12.5. The highest BCUT2D eigenvalue weighted by Gasteiger charge is 2.47. The van der Waals surface area contributed by atoms with Crippen LogP contribution in [0.15, 0.2) is 54.2 Å². The van der Waals surface area contributed by atoms with Crippen molar-refractivity contribution in [1.29, 1.82) is 0 Å². The Kier molecular flexibility index (Phi) is 5.38. The van der Waals surface area contributed by atoms with Gasteiger partial charge in [0.05, 0.1) is 12.2 Å². The Morgan fingerprint density at radius 2 is 1.89 bits per heavy atom. The summed E-state index contributed by atoms with van der Waals surface area (Å²) in [6.45, 7) is 5.11. The number of nitrogens with zero attached hydrogens (tertiary/aromatic N) is 1. The van der Waals surface area contributed by atoms with Crippen molar-refractivity contribution in [2.75, 3.05) is 6.61 Å². The minimum atomic E-state index is -0.818.